The van der Waals surface area contributed by atoms with Gasteiger partial charge in [-0.1, -0.05) is 0 Å². The Bertz CT molecular complexity index is 378. The monoisotopic (exact) mass is 236 g/mol. The van der Waals surface area contributed by atoms with E-state index < -0.39 is 0 Å². The molecule has 1 aliphatic rings. The molecule has 0 radical (unpaired) electrons. The zero-order chi connectivity index (χ0) is 12.3. The standard InChI is InChI=1S/C13H20N2O2/c1-17-13-9-11(5-6-12(13)14)15(7-8-16)10-3-2-4-10/h5-6,9-10,16H,2-4,7-8,14H2,1H3. The van der Waals surface area contributed by atoms with E-state index in [-0.39, 0.29) is 6.61 Å². The average Bonchev–Trinajstić information content (AvgIpc) is 2.27. The van der Waals surface area contributed by atoms with Crippen LogP contribution in [-0.4, -0.2) is 31.4 Å². The molecule has 1 aromatic carbocycles. The van der Waals surface area contributed by atoms with E-state index in [0.29, 0.717) is 24.0 Å². The Morgan fingerprint density at radius 1 is 1.47 bits per heavy atom. The van der Waals surface area contributed by atoms with Crippen molar-refractivity contribution in [2.45, 2.75) is 25.3 Å². The molecular formula is C13H20N2O2. The van der Waals surface area contributed by atoms with E-state index in [4.69, 9.17) is 15.6 Å². The molecule has 1 aliphatic carbocycles. The Balaban J connectivity index is 2.22. The molecular weight excluding hydrogens is 216 g/mol. The summed E-state index contributed by atoms with van der Waals surface area (Å²) in [6.45, 7) is 0.834. The topological polar surface area (TPSA) is 58.7 Å². The van der Waals surface area contributed by atoms with Crippen LogP contribution >= 0.6 is 0 Å². The second-order valence-corrected chi connectivity index (χ2v) is 4.43. The summed E-state index contributed by atoms with van der Waals surface area (Å²) in [5.74, 6) is 0.699. The van der Waals surface area contributed by atoms with Crippen molar-refractivity contribution in [2.75, 3.05) is 30.9 Å². The first-order valence-electron chi connectivity index (χ1n) is 6.07. The largest absolute Gasteiger partial charge is 0.495 e. The van der Waals surface area contributed by atoms with Gasteiger partial charge < -0.3 is 20.5 Å². The minimum Gasteiger partial charge on any atom is -0.495 e. The molecule has 1 aromatic rings. The Hall–Kier alpha value is -1.42. The van der Waals surface area contributed by atoms with Gasteiger partial charge in [-0.25, -0.2) is 0 Å². The van der Waals surface area contributed by atoms with Crippen LogP contribution in [0.25, 0.3) is 0 Å². The van der Waals surface area contributed by atoms with E-state index in [9.17, 15) is 0 Å². The molecule has 0 atom stereocenters. The van der Waals surface area contributed by atoms with Gasteiger partial charge in [0, 0.05) is 24.3 Å². The number of ether oxygens (including phenoxy) is 1. The molecule has 0 spiro atoms. The normalized spacial score (nSPS) is 15.4. The molecule has 1 saturated carbocycles. The number of rotatable bonds is 5. The van der Waals surface area contributed by atoms with Crippen molar-refractivity contribution in [3.05, 3.63) is 18.2 Å². The fourth-order valence-corrected chi connectivity index (χ4v) is 2.21. The van der Waals surface area contributed by atoms with Crippen LogP contribution in [0.3, 0.4) is 0 Å². The van der Waals surface area contributed by atoms with Crippen LogP contribution in [0.4, 0.5) is 11.4 Å². The van der Waals surface area contributed by atoms with E-state index in [0.717, 1.165) is 5.69 Å². The van der Waals surface area contributed by atoms with Crippen LogP contribution in [0.1, 0.15) is 19.3 Å². The molecule has 2 rings (SSSR count). The Labute approximate surface area is 102 Å². The van der Waals surface area contributed by atoms with Crippen LogP contribution in [-0.2, 0) is 0 Å². The lowest BCUT2D eigenvalue weighted by Crippen LogP contribution is -2.41. The third kappa shape index (κ3) is 2.47. The van der Waals surface area contributed by atoms with Crippen molar-refractivity contribution in [1.29, 1.82) is 0 Å². The van der Waals surface area contributed by atoms with Crippen molar-refractivity contribution in [2.24, 2.45) is 0 Å². The van der Waals surface area contributed by atoms with Gasteiger partial charge in [-0.15, -0.1) is 0 Å². The molecule has 0 aliphatic heterocycles. The summed E-state index contributed by atoms with van der Waals surface area (Å²) in [6, 6.07) is 6.35. The number of nitrogens with two attached hydrogens (primary N) is 1. The number of anilines is 2. The summed E-state index contributed by atoms with van der Waals surface area (Å²) in [5.41, 5.74) is 7.53. The minimum absolute atomic E-state index is 0.170. The van der Waals surface area contributed by atoms with Crippen molar-refractivity contribution >= 4 is 11.4 Å². The first-order valence-corrected chi connectivity index (χ1v) is 6.07. The Kier molecular flexibility index (Phi) is 3.74. The molecule has 1 fully saturated rings. The highest BCUT2D eigenvalue weighted by Crippen LogP contribution is 2.33. The fraction of sp³-hybridized carbons (Fsp3) is 0.538. The number of hydrogen-bond donors (Lipinski definition) is 2. The molecule has 0 bridgehead atoms. The molecule has 17 heavy (non-hydrogen) atoms. The number of methoxy groups -OCH3 is 1. The van der Waals surface area contributed by atoms with E-state index in [1.807, 2.05) is 18.2 Å². The maximum atomic E-state index is 9.15. The molecule has 0 amide bonds. The molecule has 0 unspecified atom stereocenters. The third-order valence-electron chi connectivity index (χ3n) is 3.41. The van der Waals surface area contributed by atoms with E-state index in [1.165, 1.54) is 19.3 Å². The lowest BCUT2D eigenvalue weighted by Gasteiger charge is -2.39. The predicted molar refractivity (Wildman–Crippen MR) is 69.5 cm³/mol. The highest BCUT2D eigenvalue weighted by atomic mass is 16.5. The van der Waals surface area contributed by atoms with Gasteiger partial charge in [0.25, 0.3) is 0 Å². The van der Waals surface area contributed by atoms with Gasteiger partial charge >= 0.3 is 0 Å². The van der Waals surface area contributed by atoms with Gasteiger partial charge in [0.05, 0.1) is 19.4 Å². The minimum atomic E-state index is 0.170. The number of hydrogen-bond acceptors (Lipinski definition) is 4. The number of nitrogens with zero attached hydrogens (tertiary/aromatic N) is 1. The van der Waals surface area contributed by atoms with Gasteiger partial charge in [0.15, 0.2) is 0 Å². The van der Waals surface area contributed by atoms with Crippen molar-refractivity contribution in [3.63, 3.8) is 0 Å². The van der Waals surface area contributed by atoms with E-state index >= 15 is 0 Å². The summed E-state index contributed by atoms with van der Waals surface area (Å²) in [7, 11) is 1.62. The van der Waals surface area contributed by atoms with Gasteiger partial charge in [0.2, 0.25) is 0 Å². The highest BCUT2D eigenvalue weighted by Gasteiger charge is 2.25. The van der Waals surface area contributed by atoms with Gasteiger partial charge in [-0.2, -0.15) is 0 Å². The molecule has 4 nitrogen and oxygen atoms in total. The predicted octanol–water partition coefficient (Wildman–Crippen LogP) is 1.63. The summed E-state index contributed by atoms with van der Waals surface area (Å²) < 4.78 is 5.23. The summed E-state index contributed by atoms with van der Waals surface area (Å²) in [4.78, 5) is 2.24. The fourth-order valence-electron chi connectivity index (χ4n) is 2.21. The second kappa shape index (κ2) is 5.27. The summed E-state index contributed by atoms with van der Waals surface area (Å²) in [5, 5.41) is 9.15. The molecule has 0 saturated heterocycles. The number of nitrogen functional groups attached to an aromatic ring is 1. The van der Waals surface area contributed by atoms with Crippen LogP contribution < -0.4 is 15.4 Å². The van der Waals surface area contributed by atoms with Crippen LogP contribution in [0.5, 0.6) is 5.75 Å². The number of aliphatic hydroxyl groups excluding tert-OH is 1. The number of aliphatic hydroxyl groups is 1. The lowest BCUT2D eigenvalue weighted by molar-refractivity contribution is 0.283. The van der Waals surface area contributed by atoms with E-state index in [2.05, 4.69) is 4.90 Å². The van der Waals surface area contributed by atoms with Gasteiger partial charge in [-0.3, -0.25) is 0 Å². The van der Waals surface area contributed by atoms with E-state index in [1.54, 1.807) is 7.11 Å². The average molecular weight is 236 g/mol. The van der Waals surface area contributed by atoms with Crippen molar-refractivity contribution in [3.8, 4) is 5.75 Å². The maximum Gasteiger partial charge on any atom is 0.143 e. The molecule has 94 valence electrons. The maximum absolute atomic E-state index is 9.15. The zero-order valence-electron chi connectivity index (χ0n) is 10.2. The number of benzene rings is 1. The molecule has 0 heterocycles. The molecule has 4 heteroatoms. The zero-order valence-corrected chi connectivity index (χ0v) is 10.2. The second-order valence-electron chi connectivity index (χ2n) is 4.43. The van der Waals surface area contributed by atoms with Crippen LogP contribution in [0, 0.1) is 0 Å². The highest BCUT2D eigenvalue weighted by molar-refractivity contribution is 5.62. The smallest absolute Gasteiger partial charge is 0.143 e. The van der Waals surface area contributed by atoms with Crippen molar-refractivity contribution < 1.29 is 9.84 Å². The SMILES string of the molecule is COc1cc(N(CCO)C2CCC2)ccc1N. The van der Waals surface area contributed by atoms with Crippen LogP contribution in [0.2, 0.25) is 0 Å². The van der Waals surface area contributed by atoms with Crippen molar-refractivity contribution in [1.82, 2.24) is 0 Å². The third-order valence-corrected chi connectivity index (χ3v) is 3.41. The van der Waals surface area contributed by atoms with Gasteiger partial charge in [-0.05, 0) is 31.4 Å². The first kappa shape index (κ1) is 12.0. The quantitative estimate of drug-likeness (QED) is 0.763. The Morgan fingerprint density at radius 3 is 2.76 bits per heavy atom. The first-order chi connectivity index (χ1) is 8.26. The molecule has 0 aromatic heterocycles. The summed E-state index contributed by atoms with van der Waals surface area (Å²) in [6.07, 6.45) is 3.68. The van der Waals surface area contributed by atoms with Gasteiger partial charge in [0.1, 0.15) is 5.75 Å². The molecule has 3 N–H and O–H groups in total. The van der Waals surface area contributed by atoms with Crippen LogP contribution in [0.15, 0.2) is 18.2 Å². The lowest BCUT2D eigenvalue weighted by atomic mass is 9.91. The Morgan fingerprint density at radius 2 is 2.24 bits per heavy atom. The summed E-state index contributed by atoms with van der Waals surface area (Å²) >= 11 is 0.